The molecule has 2 heterocycles. The molecule has 0 radical (unpaired) electrons. The molecule has 1 aromatic heterocycles. The molecule has 6 heteroatoms. The van der Waals surface area contributed by atoms with Gasteiger partial charge in [0.2, 0.25) is 0 Å². The van der Waals surface area contributed by atoms with E-state index in [1.54, 1.807) is 37.4 Å². The third-order valence-corrected chi connectivity index (χ3v) is 4.60. The van der Waals surface area contributed by atoms with Gasteiger partial charge in [0.25, 0.3) is 5.56 Å². The Balaban J connectivity index is 1.96. The zero-order chi connectivity index (χ0) is 18.3. The quantitative estimate of drug-likeness (QED) is 0.759. The first-order valence-electron chi connectivity index (χ1n) is 8.16. The highest BCUT2D eigenvalue weighted by Gasteiger charge is 2.33. The van der Waals surface area contributed by atoms with E-state index >= 15 is 0 Å². The predicted octanol–water partition coefficient (Wildman–Crippen LogP) is 3.20. The molecule has 4 rings (SSSR count). The van der Waals surface area contributed by atoms with Crippen molar-refractivity contribution in [3.63, 3.8) is 0 Å². The number of hydrogen-bond acceptors (Lipinski definition) is 5. The van der Waals surface area contributed by atoms with Gasteiger partial charge >= 0.3 is 0 Å². The standard InChI is InChI=1S/C20H18N2O4/c1-25-16-8-7-12(11-17(16)26-2)22-15-6-4-3-5-13(15)14-9-10-21-19(23)18(14)20(22)24/h3-11,20,24H,1-2H3,(H,21,23). The van der Waals surface area contributed by atoms with Crippen LogP contribution in [0.3, 0.4) is 0 Å². The molecule has 1 aliphatic heterocycles. The number of aliphatic hydroxyl groups is 1. The summed E-state index contributed by atoms with van der Waals surface area (Å²) in [5.41, 5.74) is 3.13. The average Bonchev–Trinajstić information content (AvgIpc) is 2.68. The third-order valence-electron chi connectivity index (χ3n) is 4.60. The number of anilines is 2. The minimum atomic E-state index is -1.12. The lowest BCUT2D eigenvalue weighted by atomic mass is 9.93. The van der Waals surface area contributed by atoms with Gasteiger partial charge in [-0.05, 0) is 29.8 Å². The number of hydrogen-bond donors (Lipinski definition) is 2. The van der Waals surface area contributed by atoms with Crippen LogP contribution in [0.1, 0.15) is 11.8 Å². The Kier molecular flexibility index (Phi) is 3.89. The van der Waals surface area contributed by atoms with Crippen molar-refractivity contribution in [2.75, 3.05) is 19.1 Å². The zero-order valence-corrected chi connectivity index (χ0v) is 14.4. The van der Waals surface area contributed by atoms with Crippen LogP contribution < -0.4 is 19.9 Å². The van der Waals surface area contributed by atoms with Crippen LogP contribution in [0, 0.1) is 0 Å². The van der Waals surface area contributed by atoms with Crippen LogP contribution >= 0.6 is 0 Å². The maximum Gasteiger partial charge on any atom is 0.256 e. The number of aromatic nitrogens is 1. The fourth-order valence-corrected chi connectivity index (χ4v) is 3.41. The summed E-state index contributed by atoms with van der Waals surface area (Å²) in [6.07, 6.45) is 0.472. The lowest BCUT2D eigenvalue weighted by molar-refractivity contribution is 0.182. The van der Waals surface area contributed by atoms with E-state index in [2.05, 4.69) is 4.98 Å². The number of rotatable bonds is 3. The van der Waals surface area contributed by atoms with E-state index in [1.807, 2.05) is 36.4 Å². The number of aromatic amines is 1. The van der Waals surface area contributed by atoms with Crippen LogP contribution in [-0.2, 0) is 0 Å². The summed E-state index contributed by atoms with van der Waals surface area (Å²) in [5, 5.41) is 11.0. The predicted molar refractivity (Wildman–Crippen MR) is 99.1 cm³/mol. The summed E-state index contributed by atoms with van der Waals surface area (Å²) >= 11 is 0. The van der Waals surface area contributed by atoms with Crippen LogP contribution in [0.2, 0.25) is 0 Å². The number of ether oxygens (including phenoxy) is 2. The van der Waals surface area contributed by atoms with E-state index < -0.39 is 6.23 Å². The smallest absolute Gasteiger partial charge is 0.256 e. The molecule has 0 aliphatic carbocycles. The summed E-state index contributed by atoms with van der Waals surface area (Å²) in [7, 11) is 3.13. The molecule has 1 aliphatic rings. The second kappa shape index (κ2) is 6.24. The van der Waals surface area contributed by atoms with Gasteiger partial charge in [0.1, 0.15) is 0 Å². The molecule has 1 atom stereocenters. The number of nitrogens with zero attached hydrogens (tertiary/aromatic N) is 1. The lowest BCUT2D eigenvalue weighted by Gasteiger charge is -2.36. The number of para-hydroxylation sites is 1. The fourth-order valence-electron chi connectivity index (χ4n) is 3.41. The summed E-state index contributed by atoms with van der Waals surface area (Å²) in [6, 6.07) is 14.8. The fraction of sp³-hybridized carbons (Fsp3) is 0.150. The Bertz CT molecular complexity index is 1030. The number of pyridine rings is 1. The third kappa shape index (κ3) is 2.34. The van der Waals surface area contributed by atoms with Gasteiger partial charge in [-0.15, -0.1) is 0 Å². The van der Waals surface area contributed by atoms with Crippen molar-refractivity contribution in [3.05, 3.63) is 70.6 Å². The molecule has 0 fully saturated rings. The molecule has 0 saturated carbocycles. The van der Waals surface area contributed by atoms with E-state index in [-0.39, 0.29) is 5.56 Å². The topological polar surface area (TPSA) is 74.8 Å². The normalized spacial score (nSPS) is 15.2. The van der Waals surface area contributed by atoms with E-state index in [1.165, 1.54) is 0 Å². The number of nitrogens with one attached hydrogen (secondary N) is 1. The van der Waals surface area contributed by atoms with Crippen LogP contribution in [0.25, 0.3) is 11.1 Å². The van der Waals surface area contributed by atoms with E-state index in [4.69, 9.17) is 9.47 Å². The first-order chi connectivity index (χ1) is 12.7. The Hall–Kier alpha value is -3.25. The Morgan fingerprint density at radius 3 is 2.54 bits per heavy atom. The lowest BCUT2D eigenvalue weighted by Crippen LogP contribution is -2.32. The van der Waals surface area contributed by atoms with Crippen molar-refractivity contribution in [2.24, 2.45) is 0 Å². The molecule has 6 nitrogen and oxygen atoms in total. The van der Waals surface area contributed by atoms with Gasteiger partial charge in [0.15, 0.2) is 17.7 Å². The molecule has 0 saturated heterocycles. The van der Waals surface area contributed by atoms with Gasteiger partial charge in [-0.3, -0.25) is 4.79 Å². The van der Waals surface area contributed by atoms with Crippen LogP contribution in [0.5, 0.6) is 11.5 Å². The zero-order valence-electron chi connectivity index (χ0n) is 14.4. The van der Waals surface area contributed by atoms with Crippen LogP contribution in [0.4, 0.5) is 11.4 Å². The molecular formula is C20H18N2O4. The molecule has 132 valence electrons. The van der Waals surface area contributed by atoms with Gasteiger partial charge in [-0.25, -0.2) is 0 Å². The highest BCUT2D eigenvalue weighted by Crippen LogP contribution is 2.47. The largest absolute Gasteiger partial charge is 0.493 e. The highest BCUT2D eigenvalue weighted by molar-refractivity contribution is 5.88. The van der Waals surface area contributed by atoms with Gasteiger partial charge in [-0.1, -0.05) is 18.2 Å². The van der Waals surface area contributed by atoms with Crippen LogP contribution in [0.15, 0.2) is 59.5 Å². The molecule has 2 aromatic carbocycles. The van der Waals surface area contributed by atoms with Gasteiger partial charge in [0, 0.05) is 23.5 Å². The Labute approximate surface area is 150 Å². The van der Waals surface area contributed by atoms with Gasteiger partial charge in [-0.2, -0.15) is 0 Å². The molecule has 0 spiro atoms. The number of methoxy groups -OCH3 is 2. The summed E-state index contributed by atoms with van der Waals surface area (Å²) in [6.45, 7) is 0. The summed E-state index contributed by atoms with van der Waals surface area (Å²) in [5.74, 6) is 1.14. The first kappa shape index (κ1) is 16.2. The number of fused-ring (bicyclic) bond motifs is 3. The van der Waals surface area contributed by atoms with Crippen molar-refractivity contribution >= 4 is 11.4 Å². The van der Waals surface area contributed by atoms with Gasteiger partial charge < -0.3 is 24.5 Å². The van der Waals surface area contributed by atoms with Crippen molar-refractivity contribution in [1.82, 2.24) is 4.98 Å². The molecule has 26 heavy (non-hydrogen) atoms. The second-order valence-corrected chi connectivity index (χ2v) is 5.93. The molecule has 3 aromatic rings. The average molecular weight is 350 g/mol. The molecule has 0 amide bonds. The SMILES string of the molecule is COc1ccc(N2c3ccccc3-c3cc[nH]c(=O)c3C2O)cc1OC. The Morgan fingerprint density at radius 2 is 1.77 bits per heavy atom. The van der Waals surface area contributed by atoms with Crippen molar-refractivity contribution in [1.29, 1.82) is 0 Å². The van der Waals surface area contributed by atoms with Crippen molar-refractivity contribution in [2.45, 2.75) is 6.23 Å². The van der Waals surface area contributed by atoms with E-state index in [0.717, 1.165) is 16.8 Å². The highest BCUT2D eigenvalue weighted by atomic mass is 16.5. The summed E-state index contributed by atoms with van der Waals surface area (Å²) < 4.78 is 10.7. The monoisotopic (exact) mass is 350 g/mol. The maximum absolute atomic E-state index is 12.4. The molecule has 1 unspecified atom stereocenters. The molecule has 2 N–H and O–H groups in total. The van der Waals surface area contributed by atoms with Crippen LogP contribution in [-0.4, -0.2) is 24.3 Å². The van der Waals surface area contributed by atoms with Crippen molar-refractivity contribution < 1.29 is 14.6 Å². The minimum Gasteiger partial charge on any atom is -0.493 e. The summed E-state index contributed by atoms with van der Waals surface area (Å²) in [4.78, 5) is 16.8. The minimum absolute atomic E-state index is 0.310. The first-order valence-corrected chi connectivity index (χ1v) is 8.16. The number of aliphatic hydroxyl groups excluding tert-OH is 1. The van der Waals surface area contributed by atoms with E-state index in [9.17, 15) is 9.90 Å². The maximum atomic E-state index is 12.4. The van der Waals surface area contributed by atoms with Crippen molar-refractivity contribution in [3.8, 4) is 22.6 Å². The molecular weight excluding hydrogens is 332 g/mol. The number of benzene rings is 2. The second-order valence-electron chi connectivity index (χ2n) is 5.93. The molecule has 0 bridgehead atoms. The van der Waals surface area contributed by atoms with E-state index in [0.29, 0.717) is 22.7 Å². The Morgan fingerprint density at radius 1 is 1.00 bits per heavy atom. The number of H-pyrrole nitrogens is 1. The van der Waals surface area contributed by atoms with Gasteiger partial charge in [0.05, 0.1) is 25.5 Å².